The summed E-state index contributed by atoms with van der Waals surface area (Å²) in [6, 6.07) is 6.13. The lowest BCUT2D eigenvalue weighted by molar-refractivity contribution is 0.217. The van der Waals surface area contributed by atoms with E-state index in [9.17, 15) is 4.39 Å². The van der Waals surface area contributed by atoms with Crippen molar-refractivity contribution in [1.29, 1.82) is 0 Å². The smallest absolute Gasteiger partial charge is 0.137 e. The second-order valence-corrected chi connectivity index (χ2v) is 6.88. The molecule has 0 radical (unpaired) electrons. The highest BCUT2D eigenvalue weighted by atomic mass is 79.9. The Morgan fingerprint density at radius 3 is 2.63 bits per heavy atom. The highest BCUT2D eigenvalue weighted by Crippen LogP contribution is 2.31. The molecule has 1 aliphatic carbocycles. The zero-order valence-corrected chi connectivity index (χ0v) is 13.5. The highest BCUT2D eigenvalue weighted by Gasteiger charge is 2.25. The molecule has 19 heavy (non-hydrogen) atoms. The van der Waals surface area contributed by atoms with E-state index in [-0.39, 0.29) is 11.9 Å². The normalized spacial score (nSPS) is 29.2. The van der Waals surface area contributed by atoms with Crippen molar-refractivity contribution in [1.82, 2.24) is 5.32 Å². The minimum Gasteiger partial charge on any atom is -0.307 e. The van der Waals surface area contributed by atoms with Gasteiger partial charge in [0, 0.05) is 12.1 Å². The van der Waals surface area contributed by atoms with E-state index >= 15 is 0 Å². The van der Waals surface area contributed by atoms with Crippen molar-refractivity contribution in [3.05, 3.63) is 34.1 Å². The van der Waals surface area contributed by atoms with Crippen LogP contribution in [0.15, 0.2) is 22.7 Å². The van der Waals surface area contributed by atoms with E-state index in [1.165, 1.54) is 25.3 Å². The summed E-state index contributed by atoms with van der Waals surface area (Å²) in [5, 5.41) is 3.69. The van der Waals surface area contributed by atoms with Gasteiger partial charge < -0.3 is 5.32 Å². The van der Waals surface area contributed by atoms with Crippen LogP contribution in [0.3, 0.4) is 0 Å². The fourth-order valence-corrected chi connectivity index (χ4v) is 3.33. The molecule has 1 aromatic carbocycles. The monoisotopic (exact) mass is 327 g/mol. The summed E-state index contributed by atoms with van der Waals surface area (Å²) in [6.07, 6.45) is 3.80. The summed E-state index contributed by atoms with van der Waals surface area (Å²) in [5.41, 5.74) is 1.14. The standard InChI is InChI=1S/C16H23BrFN/c1-10-4-6-14(8-11(10)2)19-12(3)13-5-7-16(18)15(17)9-13/h5,7,9-12,14,19H,4,6,8H2,1-3H3. The van der Waals surface area contributed by atoms with Crippen LogP contribution in [-0.2, 0) is 0 Å². The minimum absolute atomic E-state index is 0.198. The van der Waals surface area contributed by atoms with Crippen LogP contribution < -0.4 is 5.32 Å². The van der Waals surface area contributed by atoms with Gasteiger partial charge in [0.1, 0.15) is 5.82 Å². The zero-order chi connectivity index (χ0) is 14.0. The van der Waals surface area contributed by atoms with Crippen molar-refractivity contribution >= 4 is 15.9 Å². The van der Waals surface area contributed by atoms with E-state index in [1.54, 1.807) is 0 Å². The average molecular weight is 328 g/mol. The lowest BCUT2D eigenvalue weighted by atomic mass is 9.79. The second kappa shape index (κ2) is 6.36. The van der Waals surface area contributed by atoms with Crippen molar-refractivity contribution in [2.24, 2.45) is 11.8 Å². The molecular weight excluding hydrogens is 305 g/mol. The fourth-order valence-electron chi connectivity index (χ4n) is 2.93. The molecule has 0 amide bonds. The van der Waals surface area contributed by atoms with Crippen LogP contribution in [0.4, 0.5) is 4.39 Å². The lowest BCUT2D eigenvalue weighted by Gasteiger charge is -2.34. The van der Waals surface area contributed by atoms with Gasteiger partial charge in [-0.05, 0) is 71.6 Å². The van der Waals surface area contributed by atoms with E-state index in [1.807, 2.05) is 12.1 Å². The number of nitrogens with one attached hydrogen (secondary N) is 1. The van der Waals surface area contributed by atoms with E-state index in [0.717, 1.165) is 17.4 Å². The van der Waals surface area contributed by atoms with Crippen molar-refractivity contribution in [2.75, 3.05) is 0 Å². The Hall–Kier alpha value is -0.410. The van der Waals surface area contributed by atoms with E-state index in [0.29, 0.717) is 10.5 Å². The van der Waals surface area contributed by atoms with Crippen molar-refractivity contribution in [3.63, 3.8) is 0 Å². The average Bonchev–Trinajstić information content (AvgIpc) is 2.37. The number of halogens is 2. The Morgan fingerprint density at radius 1 is 1.26 bits per heavy atom. The molecule has 0 saturated heterocycles. The van der Waals surface area contributed by atoms with Crippen LogP contribution >= 0.6 is 15.9 Å². The summed E-state index contributed by atoms with van der Waals surface area (Å²) in [5.74, 6) is 1.43. The molecule has 1 aromatic rings. The third-order valence-corrected chi connectivity index (χ3v) is 5.14. The van der Waals surface area contributed by atoms with Crippen molar-refractivity contribution in [3.8, 4) is 0 Å². The Labute approximate surface area is 124 Å². The Morgan fingerprint density at radius 2 is 2.00 bits per heavy atom. The van der Waals surface area contributed by atoms with Gasteiger partial charge in [-0.25, -0.2) is 4.39 Å². The van der Waals surface area contributed by atoms with Gasteiger partial charge in [-0.3, -0.25) is 0 Å². The SMILES string of the molecule is CC(NC1CCC(C)C(C)C1)c1ccc(F)c(Br)c1. The molecule has 106 valence electrons. The summed E-state index contributed by atoms with van der Waals surface area (Å²) in [4.78, 5) is 0. The first-order valence-corrected chi connectivity index (χ1v) is 7.97. The Balaban J connectivity index is 1.97. The summed E-state index contributed by atoms with van der Waals surface area (Å²) >= 11 is 3.25. The maximum Gasteiger partial charge on any atom is 0.137 e. The second-order valence-electron chi connectivity index (χ2n) is 6.03. The van der Waals surface area contributed by atoms with E-state index < -0.39 is 0 Å². The van der Waals surface area contributed by atoms with Crippen LogP contribution in [0.5, 0.6) is 0 Å². The van der Waals surface area contributed by atoms with E-state index in [4.69, 9.17) is 0 Å². The summed E-state index contributed by atoms with van der Waals surface area (Å²) in [6.45, 7) is 6.85. The quantitative estimate of drug-likeness (QED) is 0.817. The van der Waals surface area contributed by atoms with Gasteiger partial charge in [0.15, 0.2) is 0 Å². The number of benzene rings is 1. The number of rotatable bonds is 3. The van der Waals surface area contributed by atoms with Gasteiger partial charge in [-0.15, -0.1) is 0 Å². The molecule has 0 heterocycles. The number of hydrogen-bond acceptors (Lipinski definition) is 1. The summed E-state index contributed by atoms with van der Waals surface area (Å²) < 4.78 is 13.8. The molecule has 2 rings (SSSR count). The molecule has 0 spiro atoms. The molecule has 4 unspecified atom stereocenters. The highest BCUT2D eigenvalue weighted by molar-refractivity contribution is 9.10. The van der Waals surface area contributed by atoms with Crippen molar-refractivity contribution in [2.45, 2.75) is 52.1 Å². The minimum atomic E-state index is -0.198. The predicted octanol–water partition coefficient (Wildman–Crippen LogP) is 5.06. The first-order chi connectivity index (χ1) is 8.97. The van der Waals surface area contributed by atoms with Crippen LogP contribution in [0, 0.1) is 17.7 Å². The molecule has 1 N–H and O–H groups in total. The van der Waals surface area contributed by atoms with Crippen LogP contribution in [0.2, 0.25) is 0 Å². The van der Waals surface area contributed by atoms with Crippen LogP contribution in [0.1, 0.15) is 51.6 Å². The molecule has 0 bridgehead atoms. The molecule has 1 fully saturated rings. The zero-order valence-electron chi connectivity index (χ0n) is 11.9. The largest absolute Gasteiger partial charge is 0.307 e. The molecule has 1 nitrogen and oxygen atoms in total. The summed E-state index contributed by atoms with van der Waals surface area (Å²) in [7, 11) is 0. The Bertz CT molecular complexity index is 435. The van der Waals surface area contributed by atoms with E-state index in [2.05, 4.69) is 42.0 Å². The molecular formula is C16H23BrFN. The van der Waals surface area contributed by atoms with Gasteiger partial charge in [0.05, 0.1) is 4.47 Å². The van der Waals surface area contributed by atoms with Crippen LogP contribution in [0.25, 0.3) is 0 Å². The van der Waals surface area contributed by atoms with Gasteiger partial charge in [-0.2, -0.15) is 0 Å². The first-order valence-electron chi connectivity index (χ1n) is 7.18. The predicted molar refractivity (Wildman–Crippen MR) is 81.6 cm³/mol. The Kier molecular flexibility index (Phi) is 5.02. The van der Waals surface area contributed by atoms with Gasteiger partial charge >= 0.3 is 0 Å². The van der Waals surface area contributed by atoms with Gasteiger partial charge in [0.25, 0.3) is 0 Å². The molecule has 1 saturated carbocycles. The molecule has 0 aromatic heterocycles. The maximum absolute atomic E-state index is 13.2. The molecule has 3 heteroatoms. The lowest BCUT2D eigenvalue weighted by Crippen LogP contribution is -2.37. The maximum atomic E-state index is 13.2. The van der Waals surface area contributed by atoms with Crippen LogP contribution in [-0.4, -0.2) is 6.04 Å². The third kappa shape index (κ3) is 3.79. The topological polar surface area (TPSA) is 12.0 Å². The molecule has 1 aliphatic rings. The van der Waals surface area contributed by atoms with Crippen molar-refractivity contribution < 1.29 is 4.39 Å². The number of hydrogen-bond donors (Lipinski definition) is 1. The third-order valence-electron chi connectivity index (χ3n) is 4.53. The van der Waals surface area contributed by atoms with Gasteiger partial charge in [-0.1, -0.05) is 19.9 Å². The fraction of sp³-hybridized carbons (Fsp3) is 0.625. The first kappa shape index (κ1) is 15.0. The van der Waals surface area contributed by atoms with Gasteiger partial charge in [0.2, 0.25) is 0 Å². The molecule has 4 atom stereocenters. The molecule has 0 aliphatic heterocycles.